The number of benzene rings is 1. The summed E-state index contributed by atoms with van der Waals surface area (Å²) in [6.45, 7) is 2.11. The van der Waals surface area contributed by atoms with Gasteiger partial charge in [-0.15, -0.1) is 0 Å². The van der Waals surface area contributed by atoms with Gasteiger partial charge in [0.05, 0.1) is 7.11 Å². The molecule has 98 valence electrons. The summed E-state index contributed by atoms with van der Waals surface area (Å²) in [6, 6.07) is 5.72. The van der Waals surface area contributed by atoms with E-state index >= 15 is 0 Å². The molecule has 0 heterocycles. The van der Waals surface area contributed by atoms with E-state index in [0.717, 1.165) is 29.7 Å². The van der Waals surface area contributed by atoms with Crippen LogP contribution < -0.4 is 4.74 Å². The molecule has 0 N–H and O–H groups in total. The molecule has 18 heavy (non-hydrogen) atoms. The van der Waals surface area contributed by atoms with E-state index in [4.69, 9.17) is 14.2 Å². The highest BCUT2D eigenvalue weighted by Gasteiger charge is 2.14. The topological polar surface area (TPSA) is 27.7 Å². The van der Waals surface area contributed by atoms with E-state index in [1.54, 1.807) is 21.3 Å². The summed E-state index contributed by atoms with van der Waals surface area (Å²) in [7, 11) is 4.85. The molecule has 0 saturated heterocycles. The molecule has 0 aliphatic heterocycles. The van der Waals surface area contributed by atoms with Gasteiger partial charge in [-0.2, -0.15) is 0 Å². The van der Waals surface area contributed by atoms with Crippen LogP contribution in [0.4, 0.5) is 0 Å². The molecular weight excluding hydrogens is 228 g/mol. The van der Waals surface area contributed by atoms with Gasteiger partial charge >= 0.3 is 0 Å². The zero-order valence-corrected chi connectivity index (χ0v) is 11.4. The monoisotopic (exact) mass is 248 g/mol. The number of rotatable bonds is 5. The van der Waals surface area contributed by atoms with Crippen LogP contribution in [0, 0.1) is 11.8 Å². The average Bonchev–Trinajstić information content (AvgIpc) is 2.41. The molecule has 0 amide bonds. The van der Waals surface area contributed by atoms with Crippen LogP contribution in [0.25, 0.3) is 0 Å². The van der Waals surface area contributed by atoms with E-state index in [9.17, 15) is 0 Å². The smallest absolute Gasteiger partial charge is 0.184 e. The van der Waals surface area contributed by atoms with Crippen molar-refractivity contribution in [3.63, 3.8) is 0 Å². The Balaban J connectivity index is 3.12. The molecule has 0 spiro atoms. The largest absolute Gasteiger partial charge is 0.497 e. The lowest BCUT2D eigenvalue weighted by Crippen LogP contribution is -2.06. The van der Waals surface area contributed by atoms with Crippen LogP contribution in [-0.2, 0) is 9.47 Å². The minimum absolute atomic E-state index is 0.425. The summed E-state index contributed by atoms with van der Waals surface area (Å²) in [4.78, 5) is 0. The van der Waals surface area contributed by atoms with Gasteiger partial charge in [0.15, 0.2) is 6.29 Å². The quantitative estimate of drug-likeness (QED) is 0.592. The molecular formula is C15H20O3. The highest BCUT2D eigenvalue weighted by Crippen LogP contribution is 2.25. The maximum absolute atomic E-state index is 5.29. The summed E-state index contributed by atoms with van der Waals surface area (Å²) in [5.41, 5.74) is 1.81. The van der Waals surface area contributed by atoms with Gasteiger partial charge in [0.25, 0.3) is 0 Å². The van der Waals surface area contributed by atoms with E-state index in [1.807, 2.05) is 18.2 Å². The maximum atomic E-state index is 5.29. The number of hydrogen-bond acceptors (Lipinski definition) is 3. The third-order valence-corrected chi connectivity index (χ3v) is 2.54. The van der Waals surface area contributed by atoms with Gasteiger partial charge in [0.2, 0.25) is 0 Å². The molecule has 0 saturated carbocycles. The second-order valence-electron chi connectivity index (χ2n) is 3.81. The Hall–Kier alpha value is -1.50. The highest BCUT2D eigenvalue weighted by atomic mass is 16.7. The predicted octanol–water partition coefficient (Wildman–Crippen LogP) is 3.14. The van der Waals surface area contributed by atoms with Gasteiger partial charge in [-0.3, -0.25) is 0 Å². The fraction of sp³-hybridized carbons (Fsp3) is 0.467. The molecule has 1 rings (SSSR count). The lowest BCUT2D eigenvalue weighted by molar-refractivity contribution is -0.106. The summed E-state index contributed by atoms with van der Waals surface area (Å²) in [5.74, 6) is 7.05. The van der Waals surface area contributed by atoms with Gasteiger partial charge in [-0.25, -0.2) is 0 Å². The van der Waals surface area contributed by atoms with Crippen LogP contribution in [-0.4, -0.2) is 21.3 Å². The number of methoxy groups -OCH3 is 3. The number of hydrogen-bond donors (Lipinski definition) is 0. The summed E-state index contributed by atoms with van der Waals surface area (Å²) >= 11 is 0. The fourth-order valence-electron chi connectivity index (χ4n) is 1.61. The minimum Gasteiger partial charge on any atom is -0.497 e. The molecule has 0 aliphatic carbocycles. The van der Waals surface area contributed by atoms with Crippen LogP contribution in [0.2, 0.25) is 0 Å². The van der Waals surface area contributed by atoms with Crippen molar-refractivity contribution in [3.8, 4) is 17.6 Å². The molecule has 3 heteroatoms. The van der Waals surface area contributed by atoms with Crippen LogP contribution in [0.1, 0.15) is 37.2 Å². The Morgan fingerprint density at radius 2 is 1.89 bits per heavy atom. The van der Waals surface area contributed by atoms with Crippen LogP contribution >= 0.6 is 0 Å². The fourth-order valence-corrected chi connectivity index (χ4v) is 1.61. The zero-order chi connectivity index (χ0) is 13.4. The van der Waals surface area contributed by atoms with Crippen LogP contribution in [0.15, 0.2) is 18.2 Å². The van der Waals surface area contributed by atoms with Gasteiger partial charge in [0, 0.05) is 31.8 Å². The molecule has 0 unspecified atom stereocenters. The first kappa shape index (κ1) is 14.6. The Morgan fingerprint density at radius 3 is 2.44 bits per heavy atom. The molecule has 0 aromatic heterocycles. The second kappa shape index (κ2) is 7.75. The van der Waals surface area contributed by atoms with E-state index in [2.05, 4.69) is 18.8 Å². The van der Waals surface area contributed by atoms with Crippen molar-refractivity contribution in [3.05, 3.63) is 29.3 Å². The third kappa shape index (κ3) is 3.76. The lowest BCUT2D eigenvalue weighted by atomic mass is 10.1. The Bertz CT molecular complexity index is 425. The predicted molar refractivity (Wildman–Crippen MR) is 71.5 cm³/mol. The maximum Gasteiger partial charge on any atom is 0.184 e. The Morgan fingerprint density at radius 1 is 1.17 bits per heavy atom. The second-order valence-corrected chi connectivity index (χ2v) is 3.81. The van der Waals surface area contributed by atoms with Gasteiger partial charge in [0.1, 0.15) is 5.75 Å². The molecule has 1 aromatic carbocycles. The molecule has 0 radical (unpaired) electrons. The first-order valence-corrected chi connectivity index (χ1v) is 5.99. The normalized spacial score (nSPS) is 10.1. The first-order valence-electron chi connectivity index (χ1n) is 5.99. The van der Waals surface area contributed by atoms with Crippen molar-refractivity contribution in [2.75, 3.05) is 21.3 Å². The van der Waals surface area contributed by atoms with Crippen LogP contribution in [0.5, 0.6) is 5.75 Å². The van der Waals surface area contributed by atoms with Crippen molar-refractivity contribution in [2.24, 2.45) is 0 Å². The van der Waals surface area contributed by atoms with Gasteiger partial charge in [-0.1, -0.05) is 18.8 Å². The summed E-state index contributed by atoms with van der Waals surface area (Å²) in [6.07, 6.45) is 1.51. The standard InChI is InChI=1S/C15H20O3/c1-5-6-7-8-12-9-10-13(16-2)11-14(12)15(17-3)18-4/h9-11,15H,5-6H2,1-4H3. The van der Waals surface area contributed by atoms with E-state index in [1.165, 1.54) is 0 Å². The Kier molecular flexibility index (Phi) is 6.27. The summed E-state index contributed by atoms with van der Waals surface area (Å²) in [5, 5.41) is 0. The van der Waals surface area contributed by atoms with Crippen molar-refractivity contribution in [2.45, 2.75) is 26.1 Å². The molecule has 3 nitrogen and oxygen atoms in total. The molecule has 1 aromatic rings. The number of ether oxygens (including phenoxy) is 3. The highest BCUT2D eigenvalue weighted by molar-refractivity contribution is 5.46. The van der Waals surface area contributed by atoms with Crippen LogP contribution in [0.3, 0.4) is 0 Å². The SMILES string of the molecule is CCCC#Cc1ccc(OC)cc1C(OC)OC. The summed E-state index contributed by atoms with van der Waals surface area (Å²) < 4.78 is 15.8. The first-order chi connectivity index (χ1) is 8.76. The zero-order valence-electron chi connectivity index (χ0n) is 11.4. The molecule has 0 atom stereocenters. The van der Waals surface area contributed by atoms with E-state index < -0.39 is 6.29 Å². The van der Waals surface area contributed by atoms with E-state index in [0.29, 0.717) is 0 Å². The van der Waals surface area contributed by atoms with Crippen molar-refractivity contribution in [1.29, 1.82) is 0 Å². The lowest BCUT2D eigenvalue weighted by Gasteiger charge is -2.16. The van der Waals surface area contributed by atoms with Crippen molar-refractivity contribution < 1.29 is 14.2 Å². The van der Waals surface area contributed by atoms with Crippen molar-refractivity contribution >= 4 is 0 Å². The Labute approximate surface area is 109 Å². The number of unbranched alkanes of at least 4 members (excludes halogenated alkanes) is 1. The molecule has 0 bridgehead atoms. The molecule has 0 aliphatic rings. The minimum atomic E-state index is -0.425. The van der Waals surface area contributed by atoms with E-state index in [-0.39, 0.29) is 0 Å². The third-order valence-electron chi connectivity index (χ3n) is 2.54. The van der Waals surface area contributed by atoms with Gasteiger partial charge < -0.3 is 14.2 Å². The van der Waals surface area contributed by atoms with Gasteiger partial charge in [-0.05, 0) is 24.6 Å². The van der Waals surface area contributed by atoms with Crippen molar-refractivity contribution in [1.82, 2.24) is 0 Å². The average molecular weight is 248 g/mol. The molecule has 0 fully saturated rings.